The minimum Gasteiger partial charge on any atom is -0.481 e. The van der Waals surface area contributed by atoms with Gasteiger partial charge in [0.15, 0.2) is 13.2 Å². The van der Waals surface area contributed by atoms with Crippen LogP contribution in [0.15, 0.2) is 36.4 Å². The zero-order chi connectivity index (χ0) is 53.6. The average molecular weight is 1050 g/mol. The van der Waals surface area contributed by atoms with Gasteiger partial charge in [-0.05, 0) is 105 Å². The van der Waals surface area contributed by atoms with Crippen LogP contribution in [0.1, 0.15) is 196 Å². The number of hydrogen-bond donors (Lipinski definition) is 2. The summed E-state index contributed by atoms with van der Waals surface area (Å²) in [6.45, 7) is 15.1. The summed E-state index contributed by atoms with van der Waals surface area (Å²) in [5.74, 6) is -1.54. The maximum absolute atomic E-state index is 13.0. The average Bonchev–Trinajstić information content (AvgIpc) is 3.77. The van der Waals surface area contributed by atoms with Crippen molar-refractivity contribution in [2.24, 2.45) is 11.5 Å². The predicted octanol–water partition coefficient (Wildman–Crippen LogP) is 12.5. The highest BCUT2D eigenvalue weighted by molar-refractivity contribution is 8.76. The first-order valence-electron chi connectivity index (χ1n) is 26.6. The fraction of sp³-hybridized carbons (Fsp3) is 0.614. The summed E-state index contributed by atoms with van der Waals surface area (Å²) in [5.41, 5.74) is 12.9. The van der Waals surface area contributed by atoms with Crippen molar-refractivity contribution in [2.45, 2.75) is 202 Å². The maximum Gasteiger partial charge on any atom is 0.344 e. The lowest BCUT2D eigenvalue weighted by molar-refractivity contribution is -0.158. The smallest absolute Gasteiger partial charge is 0.344 e. The van der Waals surface area contributed by atoms with Crippen LogP contribution in [0.5, 0.6) is 11.5 Å². The van der Waals surface area contributed by atoms with E-state index >= 15 is 0 Å². The highest BCUT2D eigenvalue weighted by atomic mass is 33.1. The number of esters is 2. The third kappa shape index (κ3) is 20.0. The van der Waals surface area contributed by atoms with Crippen LogP contribution >= 0.6 is 21.6 Å². The standard InChI is InChI=1S/C57H84N4O10S2/c1-40-48(52(64)54(58)66)50-42(30-28-32-44(50)68-38-46(62)70-56(3,4)5)60(40)34-24-20-16-12-9-10-14-18-22-26-36-72-73-37-27-23-19-15-11-13-17-21-25-35-61-41(2)49(53(65)55(59)67)51-43(61)31-29-33-45(51)69-39-47(63)71-57(6,7)8/h28-33H,9-27,34-39H2,1-8H3,(H2,58,66)(H2,59,67). The molecule has 0 fully saturated rings. The fourth-order valence-electron chi connectivity index (χ4n) is 9.25. The quantitative estimate of drug-likeness (QED) is 0.0144. The molecule has 0 bridgehead atoms. The molecule has 14 nitrogen and oxygen atoms in total. The summed E-state index contributed by atoms with van der Waals surface area (Å²) >= 11 is 0. The predicted molar refractivity (Wildman–Crippen MR) is 296 cm³/mol. The number of carbonyl (C=O) groups excluding carboxylic acids is 6. The van der Waals surface area contributed by atoms with E-state index in [9.17, 15) is 28.8 Å². The van der Waals surface area contributed by atoms with Gasteiger partial charge in [-0.15, -0.1) is 0 Å². The van der Waals surface area contributed by atoms with Gasteiger partial charge in [0.1, 0.15) is 22.7 Å². The van der Waals surface area contributed by atoms with Gasteiger partial charge in [-0.3, -0.25) is 19.2 Å². The monoisotopic (exact) mass is 1050 g/mol. The molecule has 0 aliphatic rings. The lowest BCUT2D eigenvalue weighted by Crippen LogP contribution is -2.27. The SMILES string of the molecule is Cc1c(C(=O)C(N)=O)c2c(OCC(=O)OC(C)(C)C)cccc2n1CCCCCCCCCCCCSSCCCCCCCCCCCn1c(C)c(C(=O)C(N)=O)c2c(OCC(=O)OC(C)(C)C)cccc21. The van der Waals surface area contributed by atoms with E-state index in [4.69, 9.17) is 30.4 Å². The molecule has 2 heterocycles. The highest BCUT2D eigenvalue weighted by Gasteiger charge is 2.28. The summed E-state index contributed by atoms with van der Waals surface area (Å²) in [6, 6.07) is 10.8. The van der Waals surface area contributed by atoms with Crippen molar-refractivity contribution >= 4 is 78.7 Å². The topological polar surface area (TPSA) is 201 Å². The molecule has 0 aliphatic carbocycles. The summed E-state index contributed by atoms with van der Waals surface area (Å²) < 4.78 is 26.6. The molecule has 2 aromatic carbocycles. The number of nitrogens with two attached hydrogens (primary N) is 2. The number of ketones is 2. The molecule has 0 aliphatic heterocycles. The third-order valence-corrected chi connectivity index (χ3v) is 15.2. The number of hydrogen-bond acceptors (Lipinski definition) is 12. The molecule has 2 amide bonds. The number of nitrogens with zero attached hydrogens (tertiary/aromatic N) is 2. The Labute approximate surface area is 441 Å². The van der Waals surface area contributed by atoms with Crippen LogP contribution in [-0.2, 0) is 41.7 Å². The molecular weight excluding hydrogens is 965 g/mol. The Morgan fingerprint density at radius 3 is 1.07 bits per heavy atom. The van der Waals surface area contributed by atoms with Crippen LogP contribution in [0.2, 0.25) is 0 Å². The normalized spacial score (nSPS) is 11.8. The van der Waals surface area contributed by atoms with Crippen LogP contribution in [0, 0.1) is 13.8 Å². The van der Waals surface area contributed by atoms with Crippen molar-refractivity contribution in [3.8, 4) is 11.5 Å². The van der Waals surface area contributed by atoms with Crippen molar-refractivity contribution in [1.29, 1.82) is 0 Å². The molecular formula is C57H84N4O10S2. The van der Waals surface area contributed by atoms with Gasteiger partial charge in [-0.25, -0.2) is 9.59 Å². The second kappa shape index (κ2) is 30.4. The number of benzene rings is 2. The van der Waals surface area contributed by atoms with E-state index in [1.807, 2.05) is 59.7 Å². The lowest BCUT2D eigenvalue weighted by atomic mass is 10.1. The number of aromatic nitrogens is 2. The van der Waals surface area contributed by atoms with E-state index in [1.54, 1.807) is 53.7 Å². The second-order valence-corrected chi connectivity index (χ2v) is 23.7. The van der Waals surface area contributed by atoms with Crippen molar-refractivity contribution in [3.63, 3.8) is 0 Å². The van der Waals surface area contributed by atoms with Crippen LogP contribution in [0.3, 0.4) is 0 Å². The van der Waals surface area contributed by atoms with Gasteiger partial charge in [-0.1, -0.05) is 130 Å². The molecule has 0 unspecified atom stereocenters. The first-order valence-corrected chi connectivity index (χ1v) is 29.1. The first-order chi connectivity index (χ1) is 34.7. The minimum absolute atomic E-state index is 0.224. The zero-order valence-corrected chi connectivity index (χ0v) is 46.7. The zero-order valence-electron chi connectivity index (χ0n) is 45.1. The van der Waals surface area contributed by atoms with Gasteiger partial charge in [0.05, 0.1) is 32.9 Å². The van der Waals surface area contributed by atoms with E-state index in [0.717, 1.165) is 49.6 Å². The number of ether oxygens (including phenoxy) is 4. The van der Waals surface area contributed by atoms with E-state index in [2.05, 4.69) is 9.13 Å². The summed E-state index contributed by atoms with van der Waals surface area (Å²) in [6.07, 6.45) is 22.7. The second-order valence-electron chi connectivity index (χ2n) is 21.0. The number of fused-ring (bicyclic) bond motifs is 2. The Hall–Kier alpha value is -4.96. The number of Topliss-reactive ketones (excluding diaryl/α,β-unsaturated/α-hetero) is 2. The minimum atomic E-state index is -1.03. The van der Waals surface area contributed by atoms with E-state index in [1.165, 1.54) is 95.0 Å². The number of aryl methyl sites for hydroxylation is 2. The van der Waals surface area contributed by atoms with Crippen molar-refractivity contribution < 1.29 is 47.7 Å². The molecule has 73 heavy (non-hydrogen) atoms. The molecule has 0 saturated carbocycles. The van der Waals surface area contributed by atoms with Crippen LogP contribution < -0.4 is 20.9 Å². The van der Waals surface area contributed by atoms with Crippen LogP contribution in [0.25, 0.3) is 21.8 Å². The number of primary amides is 2. The van der Waals surface area contributed by atoms with Gasteiger partial charge in [0.2, 0.25) is 0 Å². The molecule has 0 saturated heterocycles. The molecule has 2 aromatic heterocycles. The Balaban J connectivity index is 0.993. The summed E-state index contributed by atoms with van der Waals surface area (Å²) in [7, 11) is 4.04. The molecule has 4 aromatic rings. The van der Waals surface area contributed by atoms with Crippen molar-refractivity contribution in [2.75, 3.05) is 24.7 Å². The van der Waals surface area contributed by atoms with E-state index in [-0.39, 0.29) is 24.3 Å². The molecule has 0 atom stereocenters. The lowest BCUT2D eigenvalue weighted by Gasteiger charge is -2.19. The largest absolute Gasteiger partial charge is 0.481 e. The molecule has 0 radical (unpaired) electrons. The Morgan fingerprint density at radius 2 is 0.767 bits per heavy atom. The number of unbranched alkanes of at least 4 members (excludes halogenated alkanes) is 17. The molecule has 16 heteroatoms. The van der Waals surface area contributed by atoms with Crippen molar-refractivity contribution in [3.05, 3.63) is 58.9 Å². The van der Waals surface area contributed by atoms with Gasteiger partial charge < -0.3 is 39.5 Å². The van der Waals surface area contributed by atoms with Gasteiger partial charge in [-0.2, -0.15) is 0 Å². The molecule has 4 N–H and O–H groups in total. The van der Waals surface area contributed by atoms with E-state index < -0.39 is 46.5 Å². The van der Waals surface area contributed by atoms with Gasteiger partial charge in [0.25, 0.3) is 23.4 Å². The Bertz CT molecular complexity index is 2290. The highest BCUT2D eigenvalue weighted by Crippen LogP contribution is 2.36. The van der Waals surface area contributed by atoms with E-state index in [0.29, 0.717) is 46.7 Å². The summed E-state index contributed by atoms with van der Waals surface area (Å²) in [4.78, 5) is 74.8. The maximum atomic E-state index is 13.0. The first kappa shape index (κ1) is 60.6. The molecule has 4 rings (SSSR count). The third-order valence-electron chi connectivity index (χ3n) is 12.6. The van der Waals surface area contributed by atoms with Crippen molar-refractivity contribution in [1.82, 2.24) is 9.13 Å². The molecule has 404 valence electrons. The number of carbonyl (C=O) groups is 6. The van der Waals surface area contributed by atoms with Gasteiger partial charge >= 0.3 is 11.9 Å². The summed E-state index contributed by atoms with van der Waals surface area (Å²) in [5, 5.41) is 0.985. The molecule has 0 spiro atoms. The Kier molecular flexibility index (Phi) is 25.2. The van der Waals surface area contributed by atoms with Crippen LogP contribution in [0.4, 0.5) is 0 Å². The number of rotatable bonds is 36. The van der Waals surface area contributed by atoms with Gasteiger partial charge in [0, 0.05) is 36.0 Å². The Morgan fingerprint density at radius 1 is 0.466 bits per heavy atom. The van der Waals surface area contributed by atoms with Crippen LogP contribution in [-0.4, -0.2) is 80.4 Å². The fourth-order valence-corrected chi connectivity index (χ4v) is 11.5. The number of amides is 2.